The standard InChI is InChI=1S/C14H25N3O3/c18-11-2-5-12-4-1-9-17(12)14(20)13(19)16-8-3-6-15-7-10-16/h12,15,18H,1-11H2. The maximum Gasteiger partial charge on any atom is 0.312 e. The van der Waals surface area contributed by atoms with Gasteiger partial charge in [-0.3, -0.25) is 9.59 Å². The Labute approximate surface area is 120 Å². The summed E-state index contributed by atoms with van der Waals surface area (Å²) in [6.07, 6.45) is 4.28. The normalized spacial score (nSPS) is 23.8. The van der Waals surface area contributed by atoms with Gasteiger partial charge in [-0.05, 0) is 38.6 Å². The van der Waals surface area contributed by atoms with Gasteiger partial charge in [0, 0.05) is 38.8 Å². The largest absolute Gasteiger partial charge is 0.396 e. The van der Waals surface area contributed by atoms with Crippen molar-refractivity contribution >= 4 is 11.8 Å². The van der Waals surface area contributed by atoms with Crippen molar-refractivity contribution < 1.29 is 14.7 Å². The Kier molecular flexibility index (Phi) is 5.79. The van der Waals surface area contributed by atoms with E-state index in [1.165, 1.54) is 0 Å². The molecule has 0 spiro atoms. The second-order valence-electron chi connectivity index (χ2n) is 5.56. The number of hydrogen-bond donors (Lipinski definition) is 2. The van der Waals surface area contributed by atoms with Crippen LogP contribution in [-0.2, 0) is 9.59 Å². The summed E-state index contributed by atoms with van der Waals surface area (Å²) in [6.45, 7) is 3.75. The van der Waals surface area contributed by atoms with Crippen LogP contribution in [0.15, 0.2) is 0 Å². The molecule has 6 nitrogen and oxygen atoms in total. The van der Waals surface area contributed by atoms with Crippen LogP contribution >= 0.6 is 0 Å². The maximum absolute atomic E-state index is 12.4. The number of carbonyl (C=O) groups excluding carboxylic acids is 2. The van der Waals surface area contributed by atoms with E-state index in [-0.39, 0.29) is 24.5 Å². The Morgan fingerprint density at radius 2 is 1.95 bits per heavy atom. The van der Waals surface area contributed by atoms with Crippen LogP contribution in [0.2, 0.25) is 0 Å². The van der Waals surface area contributed by atoms with Crippen LogP contribution in [0.25, 0.3) is 0 Å². The fraction of sp³-hybridized carbons (Fsp3) is 0.857. The van der Waals surface area contributed by atoms with Gasteiger partial charge in [0.25, 0.3) is 0 Å². The topological polar surface area (TPSA) is 72.9 Å². The van der Waals surface area contributed by atoms with E-state index in [4.69, 9.17) is 5.11 Å². The molecule has 114 valence electrons. The lowest BCUT2D eigenvalue weighted by Gasteiger charge is -2.27. The predicted molar refractivity (Wildman–Crippen MR) is 75.1 cm³/mol. The fourth-order valence-electron chi connectivity index (χ4n) is 3.04. The van der Waals surface area contributed by atoms with Gasteiger partial charge in [0.05, 0.1) is 0 Å². The number of likely N-dealkylation sites (tertiary alicyclic amines) is 1. The van der Waals surface area contributed by atoms with Gasteiger partial charge < -0.3 is 20.2 Å². The summed E-state index contributed by atoms with van der Waals surface area (Å²) in [5, 5.41) is 12.1. The smallest absolute Gasteiger partial charge is 0.312 e. The summed E-state index contributed by atoms with van der Waals surface area (Å²) >= 11 is 0. The van der Waals surface area contributed by atoms with Gasteiger partial charge in [0.15, 0.2) is 0 Å². The molecular weight excluding hydrogens is 258 g/mol. The molecule has 2 N–H and O–H groups in total. The molecule has 2 aliphatic rings. The van der Waals surface area contributed by atoms with Crippen molar-refractivity contribution in [3.63, 3.8) is 0 Å². The summed E-state index contributed by atoms with van der Waals surface area (Å²) in [7, 11) is 0. The monoisotopic (exact) mass is 283 g/mol. The highest BCUT2D eigenvalue weighted by atomic mass is 16.3. The van der Waals surface area contributed by atoms with Crippen molar-refractivity contribution in [2.75, 3.05) is 39.3 Å². The molecule has 2 heterocycles. The van der Waals surface area contributed by atoms with Crippen molar-refractivity contribution in [1.29, 1.82) is 0 Å². The molecule has 0 bridgehead atoms. The number of hydrogen-bond acceptors (Lipinski definition) is 4. The van der Waals surface area contributed by atoms with Gasteiger partial charge in [-0.15, -0.1) is 0 Å². The molecule has 0 saturated carbocycles. The summed E-state index contributed by atoms with van der Waals surface area (Å²) in [6, 6.07) is 0.128. The third-order valence-corrected chi connectivity index (χ3v) is 4.14. The highest BCUT2D eigenvalue weighted by molar-refractivity contribution is 6.35. The first-order valence-corrected chi connectivity index (χ1v) is 7.65. The number of rotatable bonds is 3. The molecule has 0 aromatic rings. The van der Waals surface area contributed by atoms with Crippen molar-refractivity contribution in [3.8, 4) is 0 Å². The van der Waals surface area contributed by atoms with Crippen molar-refractivity contribution in [1.82, 2.24) is 15.1 Å². The summed E-state index contributed by atoms with van der Waals surface area (Å²) in [5.74, 6) is -0.711. The Morgan fingerprint density at radius 3 is 2.75 bits per heavy atom. The van der Waals surface area contributed by atoms with Crippen LogP contribution in [0.5, 0.6) is 0 Å². The van der Waals surface area contributed by atoms with Crippen molar-refractivity contribution in [2.45, 2.75) is 38.1 Å². The lowest BCUT2D eigenvalue weighted by molar-refractivity contribution is -0.152. The van der Waals surface area contributed by atoms with Crippen LogP contribution in [0, 0.1) is 0 Å². The number of amides is 2. The number of carbonyl (C=O) groups is 2. The average Bonchev–Trinajstić information content (AvgIpc) is 2.76. The molecule has 2 saturated heterocycles. The van der Waals surface area contributed by atoms with E-state index < -0.39 is 0 Å². The molecule has 20 heavy (non-hydrogen) atoms. The molecule has 0 aromatic carbocycles. The number of nitrogens with one attached hydrogen (secondary N) is 1. The third-order valence-electron chi connectivity index (χ3n) is 4.14. The summed E-state index contributed by atoms with van der Waals surface area (Å²) in [4.78, 5) is 28.1. The molecule has 2 fully saturated rings. The molecule has 0 radical (unpaired) electrons. The van der Waals surface area contributed by atoms with Gasteiger partial charge in [-0.25, -0.2) is 0 Å². The second-order valence-corrected chi connectivity index (χ2v) is 5.56. The van der Waals surface area contributed by atoms with Gasteiger partial charge in [-0.1, -0.05) is 0 Å². The maximum atomic E-state index is 12.4. The molecular formula is C14H25N3O3. The molecule has 2 aliphatic heterocycles. The predicted octanol–water partition coefficient (Wildman–Crippen LogP) is -0.428. The minimum absolute atomic E-state index is 0.128. The number of aliphatic hydroxyl groups is 1. The van der Waals surface area contributed by atoms with E-state index in [2.05, 4.69) is 5.32 Å². The molecule has 2 amide bonds. The zero-order valence-electron chi connectivity index (χ0n) is 12.0. The number of nitrogens with zero attached hydrogens (tertiary/aromatic N) is 2. The van der Waals surface area contributed by atoms with Gasteiger partial charge >= 0.3 is 11.8 Å². The second kappa shape index (κ2) is 7.59. The molecule has 1 atom stereocenters. The van der Waals surface area contributed by atoms with Gasteiger partial charge in [-0.2, -0.15) is 0 Å². The molecule has 0 aromatic heterocycles. The van der Waals surface area contributed by atoms with E-state index >= 15 is 0 Å². The van der Waals surface area contributed by atoms with E-state index in [1.807, 2.05) is 0 Å². The summed E-state index contributed by atoms with van der Waals surface area (Å²) in [5.41, 5.74) is 0. The quantitative estimate of drug-likeness (QED) is 0.690. The minimum Gasteiger partial charge on any atom is -0.396 e. The highest BCUT2D eigenvalue weighted by Crippen LogP contribution is 2.21. The fourth-order valence-corrected chi connectivity index (χ4v) is 3.04. The van der Waals surface area contributed by atoms with Crippen LogP contribution in [0.4, 0.5) is 0 Å². The average molecular weight is 283 g/mol. The SMILES string of the molecule is O=C(C(=O)N1CCCC1CCCO)N1CCCNCC1. The first-order valence-electron chi connectivity index (χ1n) is 7.65. The molecule has 6 heteroatoms. The highest BCUT2D eigenvalue weighted by Gasteiger charge is 2.34. The van der Waals surface area contributed by atoms with Crippen molar-refractivity contribution in [2.24, 2.45) is 0 Å². The molecule has 2 rings (SSSR count). The van der Waals surface area contributed by atoms with E-state index in [1.54, 1.807) is 9.80 Å². The lowest BCUT2D eigenvalue weighted by atomic mass is 10.1. The number of aliphatic hydroxyl groups excluding tert-OH is 1. The van der Waals surface area contributed by atoms with E-state index in [0.29, 0.717) is 26.1 Å². The third kappa shape index (κ3) is 3.70. The van der Waals surface area contributed by atoms with Crippen LogP contribution in [-0.4, -0.2) is 72.1 Å². The molecule has 1 unspecified atom stereocenters. The molecule has 0 aliphatic carbocycles. The Bertz CT molecular complexity index is 341. The Hall–Kier alpha value is -1.14. The minimum atomic E-state index is -0.357. The first-order chi connectivity index (χ1) is 9.74. The zero-order chi connectivity index (χ0) is 14.4. The lowest BCUT2D eigenvalue weighted by Crippen LogP contribution is -2.48. The zero-order valence-corrected chi connectivity index (χ0v) is 12.0. The van der Waals surface area contributed by atoms with Gasteiger partial charge in [0.1, 0.15) is 0 Å². The van der Waals surface area contributed by atoms with Crippen LogP contribution < -0.4 is 5.32 Å². The van der Waals surface area contributed by atoms with Gasteiger partial charge in [0.2, 0.25) is 0 Å². The first kappa shape index (κ1) is 15.3. The Morgan fingerprint density at radius 1 is 1.10 bits per heavy atom. The van der Waals surface area contributed by atoms with Crippen LogP contribution in [0.3, 0.4) is 0 Å². The Balaban J connectivity index is 1.92. The van der Waals surface area contributed by atoms with E-state index in [9.17, 15) is 9.59 Å². The van der Waals surface area contributed by atoms with E-state index in [0.717, 1.165) is 38.8 Å². The van der Waals surface area contributed by atoms with Crippen LogP contribution in [0.1, 0.15) is 32.1 Å². The van der Waals surface area contributed by atoms with Crippen molar-refractivity contribution in [3.05, 3.63) is 0 Å². The summed E-state index contributed by atoms with van der Waals surface area (Å²) < 4.78 is 0.